The molecule has 0 amide bonds. The molecule has 2 aromatic rings. The Labute approximate surface area is 167 Å². The van der Waals surface area contributed by atoms with Crippen LogP contribution in [0.2, 0.25) is 0 Å². The van der Waals surface area contributed by atoms with Crippen LogP contribution in [0, 0.1) is 0 Å². The average Bonchev–Trinajstić information content (AvgIpc) is 2.64. The number of hydrogen-bond donors (Lipinski definition) is 2. The minimum Gasteiger partial charge on any atom is -0.508 e. The molecule has 154 valence electrons. The maximum absolute atomic E-state index is 12.2. The summed E-state index contributed by atoms with van der Waals surface area (Å²) in [4.78, 5) is 12.2. The van der Waals surface area contributed by atoms with Gasteiger partial charge in [-0.15, -0.1) is 0 Å². The summed E-state index contributed by atoms with van der Waals surface area (Å²) < 4.78 is 5.68. The standard InChI is InChI=1S/C24H34O4/c1-2-3-4-5-6-7-8-9-10-11-12-13-14-15-20-18-22(27)24-21(26)16-19(25)17-23(24)28-20/h5-6,16-18,25-26H,2-4,7-15H2,1H3/b6-5-. The van der Waals surface area contributed by atoms with Crippen molar-refractivity contribution >= 4 is 11.0 Å². The van der Waals surface area contributed by atoms with Gasteiger partial charge in [0.25, 0.3) is 0 Å². The highest BCUT2D eigenvalue weighted by atomic mass is 16.3. The van der Waals surface area contributed by atoms with Gasteiger partial charge >= 0.3 is 0 Å². The van der Waals surface area contributed by atoms with Gasteiger partial charge in [-0.1, -0.05) is 64.0 Å². The van der Waals surface area contributed by atoms with E-state index in [1.54, 1.807) is 0 Å². The summed E-state index contributed by atoms with van der Waals surface area (Å²) in [5.74, 6) is 0.255. The summed E-state index contributed by atoms with van der Waals surface area (Å²) in [5, 5.41) is 19.5. The van der Waals surface area contributed by atoms with Gasteiger partial charge in [0.15, 0.2) is 5.43 Å². The minimum absolute atomic E-state index is 0.109. The monoisotopic (exact) mass is 386 g/mol. The zero-order chi connectivity index (χ0) is 20.2. The van der Waals surface area contributed by atoms with Gasteiger partial charge in [-0.05, 0) is 25.7 Å². The summed E-state index contributed by atoms with van der Waals surface area (Å²) in [5.41, 5.74) is -0.0266. The van der Waals surface area contributed by atoms with Crippen LogP contribution in [0.15, 0.2) is 39.6 Å². The van der Waals surface area contributed by atoms with Gasteiger partial charge in [-0.3, -0.25) is 4.79 Å². The van der Waals surface area contributed by atoms with E-state index in [0.717, 1.165) is 18.9 Å². The van der Waals surface area contributed by atoms with Crippen LogP contribution in [0.3, 0.4) is 0 Å². The van der Waals surface area contributed by atoms with Crippen molar-refractivity contribution in [3.8, 4) is 11.5 Å². The molecule has 0 radical (unpaired) electrons. The molecule has 1 aromatic carbocycles. The van der Waals surface area contributed by atoms with Crippen LogP contribution in [0.25, 0.3) is 11.0 Å². The molecule has 0 bridgehead atoms. The zero-order valence-corrected chi connectivity index (χ0v) is 17.1. The molecule has 2 N–H and O–H groups in total. The largest absolute Gasteiger partial charge is 0.508 e. The Morgan fingerprint density at radius 2 is 1.50 bits per heavy atom. The van der Waals surface area contributed by atoms with E-state index in [4.69, 9.17) is 4.42 Å². The minimum atomic E-state index is -0.266. The normalized spacial score (nSPS) is 11.6. The molecule has 0 saturated carbocycles. The van der Waals surface area contributed by atoms with Crippen LogP contribution in [-0.2, 0) is 6.42 Å². The fourth-order valence-electron chi connectivity index (χ4n) is 3.43. The average molecular weight is 387 g/mol. The molecule has 1 aromatic heterocycles. The number of allylic oxidation sites excluding steroid dienone is 2. The van der Waals surface area contributed by atoms with Gasteiger partial charge in [0.05, 0.1) is 0 Å². The Hall–Kier alpha value is -2.23. The SMILES string of the molecule is CCCC/C=C\CCCCCCCCCc1cc(=O)c2c(O)cc(O)cc2o1. The second kappa shape index (κ2) is 12.3. The Morgan fingerprint density at radius 1 is 0.857 bits per heavy atom. The van der Waals surface area contributed by atoms with Crippen LogP contribution in [0.5, 0.6) is 11.5 Å². The summed E-state index contributed by atoms with van der Waals surface area (Å²) >= 11 is 0. The number of phenolic OH excluding ortho intramolecular Hbond substituents is 2. The lowest BCUT2D eigenvalue weighted by atomic mass is 10.1. The van der Waals surface area contributed by atoms with E-state index < -0.39 is 0 Å². The highest BCUT2D eigenvalue weighted by Gasteiger charge is 2.10. The third-order valence-electron chi connectivity index (χ3n) is 5.03. The molecular weight excluding hydrogens is 352 g/mol. The van der Waals surface area contributed by atoms with Crippen molar-refractivity contribution in [2.75, 3.05) is 0 Å². The van der Waals surface area contributed by atoms with Gasteiger partial charge < -0.3 is 14.6 Å². The fraction of sp³-hybridized carbons (Fsp3) is 0.542. The van der Waals surface area contributed by atoms with E-state index >= 15 is 0 Å². The molecule has 4 heteroatoms. The number of unbranched alkanes of at least 4 members (excludes halogenated alkanes) is 9. The van der Waals surface area contributed by atoms with Crippen molar-refractivity contribution in [1.82, 2.24) is 0 Å². The first-order valence-corrected chi connectivity index (χ1v) is 10.8. The highest BCUT2D eigenvalue weighted by molar-refractivity contribution is 5.84. The van der Waals surface area contributed by atoms with Crippen LogP contribution < -0.4 is 5.43 Å². The van der Waals surface area contributed by atoms with E-state index in [-0.39, 0.29) is 27.9 Å². The molecule has 1 heterocycles. The lowest BCUT2D eigenvalue weighted by molar-refractivity contribution is 0.449. The van der Waals surface area contributed by atoms with Gasteiger partial charge in [-0.2, -0.15) is 0 Å². The number of aromatic hydroxyl groups is 2. The van der Waals surface area contributed by atoms with Gasteiger partial charge in [0.2, 0.25) is 0 Å². The second-order valence-corrected chi connectivity index (χ2v) is 7.54. The maximum Gasteiger partial charge on any atom is 0.196 e. The van der Waals surface area contributed by atoms with Crippen molar-refractivity contribution in [1.29, 1.82) is 0 Å². The molecule has 0 aliphatic carbocycles. The van der Waals surface area contributed by atoms with E-state index in [1.807, 2.05) is 0 Å². The molecule has 0 aliphatic heterocycles. The summed E-state index contributed by atoms with van der Waals surface area (Å²) in [6.07, 6.45) is 18.7. The van der Waals surface area contributed by atoms with Crippen LogP contribution in [0.1, 0.15) is 83.3 Å². The molecule has 0 spiro atoms. The molecule has 4 nitrogen and oxygen atoms in total. The van der Waals surface area contributed by atoms with Crippen molar-refractivity contribution in [2.24, 2.45) is 0 Å². The topological polar surface area (TPSA) is 70.7 Å². The number of rotatable bonds is 13. The van der Waals surface area contributed by atoms with Gasteiger partial charge in [-0.25, -0.2) is 0 Å². The van der Waals surface area contributed by atoms with Gasteiger partial charge in [0, 0.05) is 24.6 Å². The maximum atomic E-state index is 12.2. The van der Waals surface area contributed by atoms with Crippen molar-refractivity contribution in [2.45, 2.75) is 84.0 Å². The van der Waals surface area contributed by atoms with E-state index in [1.165, 1.54) is 69.9 Å². The number of benzene rings is 1. The molecule has 0 atom stereocenters. The fourth-order valence-corrected chi connectivity index (χ4v) is 3.43. The first kappa shape index (κ1) is 22.1. The number of phenols is 2. The Morgan fingerprint density at radius 3 is 2.21 bits per heavy atom. The Bertz CT molecular complexity index is 804. The van der Waals surface area contributed by atoms with E-state index in [2.05, 4.69) is 19.1 Å². The quantitative estimate of drug-likeness (QED) is 0.300. The molecule has 0 saturated heterocycles. The summed E-state index contributed by atoms with van der Waals surface area (Å²) in [7, 11) is 0. The molecule has 28 heavy (non-hydrogen) atoms. The smallest absolute Gasteiger partial charge is 0.196 e. The first-order valence-electron chi connectivity index (χ1n) is 10.8. The van der Waals surface area contributed by atoms with Gasteiger partial charge in [0.1, 0.15) is 28.2 Å². The molecular formula is C24H34O4. The third-order valence-corrected chi connectivity index (χ3v) is 5.03. The van der Waals surface area contributed by atoms with Crippen molar-refractivity contribution in [3.63, 3.8) is 0 Å². The number of fused-ring (bicyclic) bond motifs is 1. The highest BCUT2D eigenvalue weighted by Crippen LogP contribution is 2.28. The third kappa shape index (κ3) is 7.41. The molecule has 2 rings (SSSR count). The molecule has 0 fully saturated rings. The first-order chi connectivity index (χ1) is 13.6. The lowest BCUT2D eigenvalue weighted by Gasteiger charge is -2.05. The zero-order valence-electron chi connectivity index (χ0n) is 17.1. The molecule has 0 unspecified atom stereocenters. The second-order valence-electron chi connectivity index (χ2n) is 7.54. The predicted octanol–water partition coefficient (Wildman–Crippen LogP) is 6.61. The predicted molar refractivity (Wildman–Crippen MR) is 115 cm³/mol. The van der Waals surface area contributed by atoms with Crippen LogP contribution in [-0.4, -0.2) is 10.2 Å². The molecule has 0 aliphatic rings. The van der Waals surface area contributed by atoms with Crippen molar-refractivity contribution < 1.29 is 14.6 Å². The summed E-state index contributed by atoms with van der Waals surface area (Å²) in [6.45, 7) is 2.23. The van der Waals surface area contributed by atoms with Crippen LogP contribution in [0.4, 0.5) is 0 Å². The Balaban J connectivity index is 1.61. The van der Waals surface area contributed by atoms with E-state index in [0.29, 0.717) is 12.2 Å². The number of hydrogen-bond acceptors (Lipinski definition) is 4. The lowest BCUT2D eigenvalue weighted by Crippen LogP contribution is -2.02. The summed E-state index contributed by atoms with van der Waals surface area (Å²) in [6, 6.07) is 3.98. The van der Waals surface area contributed by atoms with Crippen LogP contribution >= 0.6 is 0 Å². The van der Waals surface area contributed by atoms with Crippen molar-refractivity contribution in [3.05, 3.63) is 46.3 Å². The number of aryl methyl sites for hydroxylation is 1. The van der Waals surface area contributed by atoms with E-state index in [9.17, 15) is 15.0 Å². The Kier molecular flexibility index (Phi) is 9.67.